The molecule has 1 aromatic heterocycles. The highest BCUT2D eigenvalue weighted by Gasteiger charge is 2.04. The van der Waals surface area contributed by atoms with Gasteiger partial charge < -0.3 is 4.57 Å². The Bertz CT molecular complexity index is 560. The van der Waals surface area contributed by atoms with Crippen LogP contribution in [0.2, 0.25) is 0 Å². The highest BCUT2D eigenvalue weighted by Crippen LogP contribution is 2.12. The van der Waals surface area contributed by atoms with E-state index in [0.29, 0.717) is 18.5 Å². The van der Waals surface area contributed by atoms with Crippen LogP contribution in [0.1, 0.15) is 16.1 Å². The van der Waals surface area contributed by atoms with E-state index in [-0.39, 0.29) is 5.69 Å². The SMILES string of the molecule is O=Cc1cn(CCc2ccc([N+](=O)[O-])cc2)cn1. The summed E-state index contributed by atoms with van der Waals surface area (Å²) in [6.07, 6.45) is 4.68. The summed E-state index contributed by atoms with van der Waals surface area (Å²) in [5, 5.41) is 10.5. The van der Waals surface area contributed by atoms with Crippen molar-refractivity contribution in [3.8, 4) is 0 Å². The Labute approximate surface area is 103 Å². The van der Waals surface area contributed by atoms with E-state index in [0.717, 1.165) is 12.0 Å². The molecule has 6 heteroatoms. The molecule has 0 unspecified atom stereocenters. The smallest absolute Gasteiger partial charge is 0.269 e. The van der Waals surface area contributed by atoms with Gasteiger partial charge in [-0.25, -0.2) is 4.98 Å². The Morgan fingerprint density at radius 3 is 2.61 bits per heavy atom. The standard InChI is InChI=1S/C12H11N3O3/c16-8-11-7-14(9-13-11)6-5-10-1-3-12(4-2-10)15(17)18/h1-4,7-9H,5-6H2. The molecule has 6 nitrogen and oxygen atoms in total. The van der Waals surface area contributed by atoms with E-state index < -0.39 is 4.92 Å². The van der Waals surface area contributed by atoms with Crippen molar-refractivity contribution in [3.05, 3.63) is 58.2 Å². The zero-order chi connectivity index (χ0) is 13.0. The third-order valence-electron chi connectivity index (χ3n) is 2.58. The monoisotopic (exact) mass is 245 g/mol. The van der Waals surface area contributed by atoms with Crippen molar-refractivity contribution in [2.24, 2.45) is 0 Å². The molecular weight excluding hydrogens is 234 g/mol. The highest BCUT2D eigenvalue weighted by molar-refractivity contribution is 5.70. The van der Waals surface area contributed by atoms with Gasteiger partial charge in [-0.2, -0.15) is 0 Å². The maximum absolute atomic E-state index is 10.5. The van der Waals surface area contributed by atoms with E-state index >= 15 is 0 Å². The van der Waals surface area contributed by atoms with Crippen molar-refractivity contribution in [2.75, 3.05) is 0 Å². The van der Waals surface area contributed by atoms with Gasteiger partial charge in [-0.15, -0.1) is 0 Å². The zero-order valence-electron chi connectivity index (χ0n) is 9.52. The van der Waals surface area contributed by atoms with E-state index in [9.17, 15) is 14.9 Å². The van der Waals surface area contributed by atoms with Gasteiger partial charge in [-0.1, -0.05) is 12.1 Å². The first-order valence-corrected chi connectivity index (χ1v) is 5.39. The number of carbonyl (C=O) groups excluding carboxylic acids is 1. The van der Waals surface area contributed by atoms with Gasteiger partial charge in [0.25, 0.3) is 5.69 Å². The maximum Gasteiger partial charge on any atom is 0.269 e. The molecule has 0 fully saturated rings. The van der Waals surface area contributed by atoms with Crippen LogP contribution in [-0.4, -0.2) is 20.8 Å². The molecule has 1 aromatic carbocycles. The summed E-state index contributed by atoms with van der Waals surface area (Å²) in [4.78, 5) is 24.4. The van der Waals surface area contributed by atoms with Gasteiger partial charge in [0, 0.05) is 24.9 Å². The van der Waals surface area contributed by atoms with Gasteiger partial charge in [-0.3, -0.25) is 14.9 Å². The van der Waals surface area contributed by atoms with E-state index in [4.69, 9.17) is 0 Å². The lowest BCUT2D eigenvalue weighted by Gasteiger charge is -2.02. The number of aromatic nitrogens is 2. The fourth-order valence-electron chi connectivity index (χ4n) is 1.60. The second kappa shape index (κ2) is 5.22. The average Bonchev–Trinajstić information content (AvgIpc) is 2.85. The second-order valence-electron chi connectivity index (χ2n) is 3.83. The number of rotatable bonds is 5. The quantitative estimate of drug-likeness (QED) is 0.457. The Kier molecular flexibility index (Phi) is 3.47. The second-order valence-corrected chi connectivity index (χ2v) is 3.83. The molecule has 2 rings (SSSR count). The molecular formula is C12H11N3O3. The highest BCUT2D eigenvalue weighted by atomic mass is 16.6. The molecule has 2 aromatic rings. The molecule has 1 heterocycles. The van der Waals surface area contributed by atoms with Gasteiger partial charge in [0.15, 0.2) is 6.29 Å². The topological polar surface area (TPSA) is 78.0 Å². The van der Waals surface area contributed by atoms with Crippen molar-refractivity contribution in [1.29, 1.82) is 0 Å². The van der Waals surface area contributed by atoms with E-state index in [1.54, 1.807) is 24.7 Å². The molecule has 0 radical (unpaired) electrons. The minimum Gasteiger partial charge on any atom is -0.336 e. The summed E-state index contributed by atoms with van der Waals surface area (Å²) >= 11 is 0. The van der Waals surface area contributed by atoms with Crippen LogP contribution in [0.25, 0.3) is 0 Å². The third kappa shape index (κ3) is 2.79. The number of nitro benzene ring substituents is 1. The van der Waals surface area contributed by atoms with Gasteiger partial charge in [-0.05, 0) is 12.0 Å². The van der Waals surface area contributed by atoms with Crippen molar-refractivity contribution < 1.29 is 9.72 Å². The fourth-order valence-corrected chi connectivity index (χ4v) is 1.60. The summed E-state index contributed by atoms with van der Waals surface area (Å²) in [6, 6.07) is 6.44. The van der Waals surface area contributed by atoms with Gasteiger partial charge in [0.2, 0.25) is 0 Å². The fraction of sp³-hybridized carbons (Fsp3) is 0.167. The Morgan fingerprint density at radius 1 is 1.33 bits per heavy atom. The van der Waals surface area contributed by atoms with Gasteiger partial charge >= 0.3 is 0 Å². The molecule has 0 aliphatic rings. The lowest BCUT2D eigenvalue weighted by molar-refractivity contribution is -0.384. The normalized spacial score (nSPS) is 10.2. The Balaban J connectivity index is 1.97. The molecule has 0 aliphatic heterocycles. The number of hydrogen-bond donors (Lipinski definition) is 0. The molecule has 0 aliphatic carbocycles. The number of nitro groups is 1. The van der Waals surface area contributed by atoms with E-state index in [1.165, 1.54) is 12.1 Å². The third-order valence-corrected chi connectivity index (χ3v) is 2.58. The van der Waals surface area contributed by atoms with Crippen LogP contribution in [0.4, 0.5) is 5.69 Å². The van der Waals surface area contributed by atoms with Crippen LogP contribution in [0.3, 0.4) is 0 Å². The molecule has 18 heavy (non-hydrogen) atoms. The number of carbonyl (C=O) groups is 1. The molecule has 0 saturated carbocycles. The molecule has 0 spiro atoms. The minimum absolute atomic E-state index is 0.0876. The summed E-state index contributed by atoms with van der Waals surface area (Å²) in [5.74, 6) is 0. The molecule has 0 bridgehead atoms. The largest absolute Gasteiger partial charge is 0.336 e. The summed E-state index contributed by atoms with van der Waals surface area (Å²) in [6.45, 7) is 0.679. The number of nitrogens with zero attached hydrogens (tertiary/aromatic N) is 3. The minimum atomic E-state index is -0.421. The number of aldehydes is 1. The number of benzene rings is 1. The van der Waals surface area contributed by atoms with Crippen LogP contribution < -0.4 is 0 Å². The van der Waals surface area contributed by atoms with Crippen LogP contribution in [0.15, 0.2) is 36.8 Å². The van der Waals surface area contributed by atoms with Crippen LogP contribution in [-0.2, 0) is 13.0 Å². The van der Waals surface area contributed by atoms with Crippen molar-refractivity contribution >= 4 is 12.0 Å². The number of non-ortho nitro benzene ring substituents is 1. The van der Waals surface area contributed by atoms with E-state index in [2.05, 4.69) is 4.98 Å². The molecule has 0 saturated heterocycles. The molecule has 0 N–H and O–H groups in total. The van der Waals surface area contributed by atoms with Crippen LogP contribution in [0.5, 0.6) is 0 Å². The summed E-state index contributed by atoms with van der Waals surface area (Å²) in [7, 11) is 0. The lowest BCUT2D eigenvalue weighted by atomic mass is 10.1. The van der Waals surface area contributed by atoms with Crippen molar-refractivity contribution in [3.63, 3.8) is 0 Å². The zero-order valence-corrected chi connectivity index (χ0v) is 9.52. The average molecular weight is 245 g/mol. The van der Waals surface area contributed by atoms with Crippen molar-refractivity contribution in [1.82, 2.24) is 9.55 Å². The molecule has 0 amide bonds. The van der Waals surface area contributed by atoms with Gasteiger partial charge in [0.1, 0.15) is 5.69 Å². The first kappa shape index (κ1) is 12.0. The molecule has 0 atom stereocenters. The Hall–Kier alpha value is -2.50. The van der Waals surface area contributed by atoms with E-state index in [1.807, 2.05) is 4.57 Å². The number of hydrogen-bond acceptors (Lipinski definition) is 4. The summed E-state index contributed by atoms with van der Waals surface area (Å²) < 4.78 is 1.81. The first-order valence-electron chi connectivity index (χ1n) is 5.39. The van der Waals surface area contributed by atoms with Crippen molar-refractivity contribution in [2.45, 2.75) is 13.0 Å². The predicted molar refractivity (Wildman–Crippen MR) is 64.4 cm³/mol. The summed E-state index contributed by atoms with van der Waals surface area (Å²) in [5.41, 5.74) is 1.49. The number of imidazole rings is 1. The number of aryl methyl sites for hydroxylation is 2. The lowest BCUT2D eigenvalue weighted by Crippen LogP contribution is -1.98. The first-order chi connectivity index (χ1) is 8.69. The Morgan fingerprint density at radius 2 is 2.06 bits per heavy atom. The molecule has 92 valence electrons. The maximum atomic E-state index is 10.5. The van der Waals surface area contributed by atoms with Crippen LogP contribution in [0, 0.1) is 10.1 Å². The van der Waals surface area contributed by atoms with Crippen LogP contribution >= 0.6 is 0 Å². The van der Waals surface area contributed by atoms with Gasteiger partial charge in [0.05, 0.1) is 11.3 Å². The predicted octanol–water partition coefficient (Wildman–Crippen LogP) is 1.85.